The minimum atomic E-state index is -0.0717. The van der Waals surface area contributed by atoms with Crippen molar-refractivity contribution in [3.8, 4) is 0 Å². The van der Waals surface area contributed by atoms with Gasteiger partial charge in [0, 0.05) is 16.8 Å². The molecule has 0 aliphatic carbocycles. The van der Waals surface area contributed by atoms with Crippen molar-refractivity contribution in [3.63, 3.8) is 0 Å². The maximum Gasteiger partial charge on any atom is 0.246 e. The number of carbonyl (C=O) groups is 1. The van der Waals surface area contributed by atoms with Gasteiger partial charge in [0.1, 0.15) is 6.54 Å². The highest BCUT2D eigenvalue weighted by Crippen LogP contribution is 2.22. The van der Waals surface area contributed by atoms with E-state index in [1.54, 1.807) is 4.68 Å². The van der Waals surface area contributed by atoms with Crippen LogP contribution in [0.2, 0.25) is 0 Å². The minimum Gasteiger partial charge on any atom is -0.324 e. The molecule has 0 fully saturated rings. The molecule has 0 spiro atoms. The van der Waals surface area contributed by atoms with Crippen LogP contribution in [0.4, 0.5) is 5.69 Å². The lowest BCUT2D eigenvalue weighted by Gasteiger charge is -2.09. The minimum absolute atomic E-state index is 0.0717. The molecule has 0 bridgehead atoms. The van der Waals surface area contributed by atoms with E-state index in [9.17, 15) is 4.79 Å². The van der Waals surface area contributed by atoms with E-state index in [2.05, 4.69) is 10.4 Å². The molecule has 1 N–H and O–H groups in total. The number of amides is 1. The maximum atomic E-state index is 12.2. The van der Waals surface area contributed by atoms with Gasteiger partial charge in [-0.3, -0.25) is 9.48 Å². The molecule has 21 heavy (non-hydrogen) atoms. The number of nitrogens with one attached hydrogen (secondary N) is 1. The van der Waals surface area contributed by atoms with Crippen LogP contribution in [-0.2, 0) is 11.3 Å². The molecule has 1 heterocycles. The van der Waals surface area contributed by atoms with Crippen molar-refractivity contribution in [1.82, 2.24) is 9.78 Å². The average Bonchev–Trinajstić information content (AvgIpc) is 2.77. The number of carbonyl (C=O) groups excluding carboxylic acids is 1. The van der Waals surface area contributed by atoms with Gasteiger partial charge in [0.25, 0.3) is 0 Å². The van der Waals surface area contributed by atoms with Crippen LogP contribution in [0.15, 0.2) is 48.5 Å². The maximum absolute atomic E-state index is 12.2. The molecule has 4 heteroatoms. The Morgan fingerprint density at radius 1 is 1.14 bits per heavy atom. The Kier molecular flexibility index (Phi) is 3.44. The Morgan fingerprint density at radius 2 is 1.90 bits per heavy atom. The number of nitrogens with zero attached hydrogens (tertiary/aromatic N) is 2. The summed E-state index contributed by atoms with van der Waals surface area (Å²) in [5.41, 5.74) is 2.74. The van der Waals surface area contributed by atoms with Crippen LogP contribution < -0.4 is 5.32 Å². The van der Waals surface area contributed by atoms with E-state index in [0.29, 0.717) is 0 Å². The zero-order valence-electron chi connectivity index (χ0n) is 12.1. The van der Waals surface area contributed by atoms with Gasteiger partial charge in [-0.05, 0) is 31.4 Å². The lowest BCUT2D eigenvalue weighted by atomic mass is 10.1. The largest absolute Gasteiger partial charge is 0.324 e. The predicted molar refractivity (Wildman–Crippen MR) is 84.3 cm³/mol. The monoisotopic (exact) mass is 279 g/mol. The SMILES string of the molecule is Cc1cc(C)n(CC(=O)Nc2cccc3ccccc23)n1. The van der Waals surface area contributed by atoms with E-state index < -0.39 is 0 Å². The number of rotatable bonds is 3. The van der Waals surface area contributed by atoms with E-state index in [1.165, 1.54) is 0 Å². The van der Waals surface area contributed by atoms with Crippen molar-refractivity contribution >= 4 is 22.4 Å². The van der Waals surface area contributed by atoms with E-state index in [4.69, 9.17) is 0 Å². The summed E-state index contributed by atoms with van der Waals surface area (Å²) in [6, 6.07) is 15.9. The van der Waals surface area contributed by atoms with Gasteiger partial charge in [0.05, 0.1) is 5.69 Å². The lowest BCUT2D eigenvalue weighted by Crippen LogP contribution is -2.20. The molecular formula is C17H17N3O. The number of hydrogen-bond acceptors (Lipinski definition) is 2. The van der Waals surface area contributed by atoms with Gasteiger partial charge in [0.2, 0.25) is 5.91 Å². The van der Waals surface area contributed by atoms with Crippen LogP contribution in [0.5, 0.6) is 0 Å². The molecule has 0 saturated carbocycles. The number of aryl methyl sites for hydroxylation is 2. The van der Waals surface area contributed by atoms with Gasteiger partial charge in [-0.2, -0.15) is 5.10 Å². The molecule has 0 atom stereocenters. The Labute approximate surface area is 123 Å². The van der Waals surface area contributed by atoms with Gasteiger partial charge in [-0.1, -0.05) is 36.4 Å². The zero-order chi connectivity index (χ0) is 14.8. The van der Waals surface area contributed by atoms with Gasteiger partial charge < -0.3 is 5.32 Å². The highest BCUT2D eigenvalue weighted by Gasteiger charge is 2.09. The molecule has 3 rings (SSSR count). The quantitative estimate of drug-likeness (QED) is 0.799. The van der Waals surface area contributed by atoms with E-state index in [0.717, 1.165) is 27.8 Å². The normalized spacial score (nSPS) is 10.8. The predicted octanol–water partition coefficient (Wildman–Crippen LogP) is 3.29. The summed E-state index contributed by atoms with van der Waals surface area (Å²) >= 11 is 0. The first kappa shape index (κ1) is 13.4. The molecule has 0 unspecified atom stereocenters. The van der Waals surface area contributed by atoms with Crippen LogP contribution in [0.3, 0.4) is 0 Å². The number of hydrogen-bond donors (Lipinski definition) is 1. The Balaban J connectivity index is 1.82. The second-order valence-electron chi connectivity index (χ2n) is 5.16. The highest BCUT2D eigenvalue weighted by molar-refractivity contribution is 6.01. The van der Waals surface area contributed by atoms with Gasteiger partial charge in [0.15, 0.2) is 0 Å². The van der Waals surface area contributed by atoms with Crippen LogP contribution >= 0.6 is 0 Å². The molecule has 0 radical (unpaired) electrons. The summed E-state index contributed by atoms with van der Waals surface area (Å²) in [6.07, 6.45) is 0. The van der Waals surface area contributed by atoms with Crippen molar-refractivity contribution in [2.75, 3.05) is 5.32 Å². The molecule has 0 aliphatic heterocycles. The van der Waals surface area contributed by atoms with Gasteiger partial charge >= 0.3 is 0 Å². The summed E-state index contributed by atoms with van der Waals surface area (Å²) < 4.78 is 1.72. The van der Waals surface area contributed by atoms with Crippen molar-refractivity contribution in [3.05, 3.63) is 59.9 Å². The molecular weight excluding hydrogens is 262 g/mol. The third kappa shape index (κ3) is 2.79. The summed E-state index contributed by atoms with van der Waals surface area (Å²) in [7, 11) is 0. The molecule has 1 amide bonds. The van der Waals surface area contributed by atoms with Gasteiger partial charge in [-0.25, -0.2) is 0 Å². The third-order valence-electron chi connectivity index (χ3n) is 3.46. The summed E-state index contributed by atoms with van der Waals surface area (Å²) in [4.78, 5) is 12.2. The van der Waals surface area contributed by atoms with Gasteiger partial charge in [-0.15, -0.1) is 0 Å². The van der Waals surface area contributed by atoms with Crippen LogP contribution in [0, 0.1) is 13.8 Å². The number of anilines is 1. The first-order valence-corrected chi connectivity index (χ1v) is 6.92. The molecule has 106 valence electrons. The van der Waals surface area contributed by atoms with Crippen molar-refractivity contribution in [1.29, 1.82) is 0 Å². The van der Waals surface area contributed by atoms with Crippen LogP contribution in [0.25, 0.3) is 10.8 Å². The fourth-order valence-corrected chi connectivity index (χ4v) is 2.50. The molecule has 0 saturated heterocycles. The third-order valence-corrected chi connectivity index (χ3v) is 3.46. The highest BCUT2D eigenvalue weighted by atomic mass is 16.2. The first-order chi connectivity index (χ1) is 10.1. The Morgan fingerprint density at radius 3 is 2.67 bits per heavy atom. The standard InChI is InChI=1S/C17H17N3O/c1-12-10-13(2)20(19-12)11-17(21)18-16-9-5-7-14-6-3-4-8-15(14)16/h3-10H,11H2,1-2H3,(H,18,21). The van der Waals surface area contributed by atoms with Crippen molar-refractivity contribution in [2.24, 2.45) is 0 Å². The second-order valence-corrected chi connectivity index (χ2v) is 5.16. The van der Waals surface area contributed by atoms with Crippen molar-refractivity contribution < 1.29 is 4.79 Å². The van der Waals surface area contributed by atoms with Crippen LogP contribution in [-0.4, -0.2) is 15.7 Å². The van der Waals surface area contributed by atoms with E-state index >= 15 is 0 Å². The number of aromatic nitrogens is 2. The zero-order valence-corrected chi connectivity index (χ0v) is 12.1. The molecule has 1 aromatic heterocycles. The molecule has 4 nitrogen and oxygen atoms in total. The fourth-order valence-electron chi connectivity index (χ4n) is 2.50. The Hall–Kier alpha value is -2.62. The van der Waals surface area contributed by atoms with E-state index in [1.807, 2.05) is 62.4 Å². The van der Waals surface area contributed by atoms with Crippen LogP contribution in [0.1, 0.15) is 11.4 Å². The van der Waals surface area contributed by atoms with Crippen molar-refractivity contribution in [2.45, 2.75) is 20.4 Å². The molecule has 2 aromatic carbocycles. The number of fused-ring (bicyclic) bond motifs is 1. The summed E-state index contributed by atoms with van der Waals surface area (Å²) in [6.45, 7) is 4.10. The summed E-state index contributed by atoms with van der Waals surface area (Å²) in [5, 5.41) is 9.44. The first-order valence-electron chi connectivity index (χ1n) is 6.92. The fraction of sp³-hybridized carbons (Fsp3) is 0.176. The number of benzene rings is 2. The smallest absolute Gasteiger partial charge is 0.246 e. The van der Waals surface area contributed by atoms with E-state index in [-0.39, 0.29) is 12.5 Å². The molecule has 0 aliphatic rings. The Bertz CT molecular complexity index is 799. The average molecular weight is 279 g/mol. The summed E-state index contributed by atoms with van der Waals surface area (Å²) in [5.74, 6) is -0.0717. The molecule has 3 aromatic rings. The lowest BCUT2D eigenvalue weighted by molar-refractivity contribution is -0.116. The topological polar surface area (TPSA) is 46.9 Å². The second kappa shape index (κ2) is 5.40.